The fourth-order valence-electron chi connectivity index (χ4n) is 1.97. The fraction of sp³-hybridized carbons (Fsp3) is 0.583. The van der Waals surface area contributed by atoms with Gasteiger partial charge in [0.25, 0.3) is 0 Å². The van der Waals surface area contributed by atoms with E-state index in [1.54, 1.807) is 0 Å². The molecule has 1 unspecified atom stereocenters. The topological polar surface area (TPSA) is 37.0 Å². The average molecular weight is 205 g/mol. The van der Waals surface area contributed by atoms with Crippen LogP contribution in [0.25, 0.3) is 0 Å². The van der Waals surface area contributed by atoms with Crippen LogP contribution in [0, 0.1) is 6.92 Å². The molecule has 1 aromatic heterocycles. The lowest BCUT2D eigenvalue weighted by Crippen LogP contribution is -2.31. The Morgan fingerprint density at radius 2 is 2.40 bits per heavy atom. The Morgan fingerprint density at radius 1 is 1.47 bits per heavy atom. The molecule has 3 heteroatoms. The van der Waals surface area contributed by atoms with Crippen molar-refractivity contribution in [1.82, 2.24) is 10.3 Å². The van der Waals surface area contributed by atoms with Crippen molar-refractivity contribution in [2.75, 3.05) is 18.4 Å². The molecule has 15 heavy (non-hydrogen) atoms. The molecule has 0 aliphatic carbocycles. The first kappa shape index (κ1) is 10.4. The number of aromatic nitrogens is 1. The van der Waals surface area contributed by atoms with Crippen molar-refractivity contribution in [1.29, 1.82) is 0 Å². The molecule has 2 rings (SSSR count). The number of nitrogens with one attached hydrogen (secondary N) is 2. The van der Waals surface area contributed by atoms with Crippen LogP contribution in [0.3, 0.4) is 0 Å². The average Bonchev–Trinajstić information content (AvgIpc) is 2.50. The van der Waals surface area contributed by atoms with Crippen molar-refractivity contribution in [3.63, 3.8) is 0 Å². The van der Waals surface area contributed by atoms with Crippen LogP contribution in [0.5, 0.6) is 0 Å². The summed E-state index contributed by atoms with van der Waals surface area (Å²) in [5, 5.41) is 6.96. The van der Waals surface area contributed by atoms with Gasteiger partial charge in [0.15, 0.2) is 0 Å². The molecule has 1 atom stereocenters. The van der Waals surface area contributed by atoms with Crippen LogP contribution >= 0.6 is 0 Å². The smallest absolute Gasteiger partial charge is 0.129 e. The third-order valence-electron chi connectivity index (χ3n) is 2.90. The van der Waals surface area contributed by atoms with Gasteiger partial charge in [-0.05, 0) is 37.9 Å². The molecule has 1 fully saturated rings. The lowest BCUT2D eigenvalue weighted by molar-refractivity contribution is 0.633. The van der Waals surface area contributed by atoms with Crippen molar-refractivity contribution in [3.8, 4) is 0 Å². The van der Waals surface area contributed by atoms with E-state index in [9.17, 15) is 0 Å². The molecule has 1 aromatic rings. The standard InChI is InChI=1S/C12H19N3/c1-10-5-4-8-14-12(10)15-11-6-2-3-7-13-9-11/h4-5,8,11,13H,2-3,6-7,9H2,1H3,(H,14,15). The van der Waals surface area contributed by atoms with Gasteiger partial charge in [0.05, 0.1) is 0 Å². The quantitative estimate of drug-likeness (QED) is 0.775. The van der Waals surface area contributed by atoms with E-state index < -0.39 is 0 Å². The maximum absolute atomic E-state index is 4.36. The lowest BCUT2D eigenvalue weighted by Gasteiger charge is -2.18. The monoisotopic (exact) mass is 205 g/mol. The number of aryl methyl sites for hydroxylation is 1. The Bertz CT molecular complexity index is 303. The van der Waals surface area contributed by atoms with Crippen LogP contribution in [0.2, 0.25) is 0 Å². The molecule has 1 aliphatic heterocycles. The molecule has 2 N–H and O–H groups in total. The van der Waals surface area contributed by atoms with E-state index in [-0.39, 0.29) is 0 Å². The second-order valence-electron chi connectivity index (χ2n) is 4.21. The Morgan fingerprint density at radius 3 is 3.27 bits per heavy atom. The van der Waals surface area contributed by atoms with Crippen LogP contribution in [0.15, 0.2) is 18.3 Å². The van der Waals surface area contributed by atoms with Crippen molar-refractivity contribution in [3.05, 3.63) is 23.9 Å². The maximum Gasteiger partial charge on any atom is 0.129 e. The highest BCUT2D eigenvalue weighted by Crippen LogP contribution is 2.14. The summed E-state index contributed by atoms with van der Waals surface area (Å²) in [6.45, 7) is 4.30. The summed E-state index contributed by atoms with van der Waals surface area (Å²) in [5.74, 6) is 1.03. The van der Waals surface area contributed by atoms with Crippen LogP contribution in [0.4, 0.5) is 5.82 Å². The van der Waals surface area contributed by atoms with Gasteiger partial charge in [0, 0.05) is 18.8 Å². The lowest BCUT2D eigenvalue weighted by atomic mass is 10.1. The minimum Gasteiger partial charge on any atom is -0.366 e. The van der Waals surface area contributed by atoms with Crippen LogP contribution in [0.1, 0.15) is 24.8 Å². The third kappa shape index (κ3) is 2.93. The van der Waals surface area contributed by atoms with Gasteiger partial charge >= 0.3 is 0 Å². The van der Waals surface area contributed by atoms with Crippen LogP contribution < -0.4 is 10.6 Å². The summed E-state index contributed by atoms with van der Waals surface area (Å²) in [4.78, 5) is 4.36. The molecular weight excluding hydrogens is 186 g/mol. The first-order valence-corrected chi connectivity index (χ1v) is 5.75. The van der Waals surface area contributed by atoms with E-state index in [1.807, 2.05) is 12.3 Å². The molecule has 82 valence electrons. The molecule has 1 aliphatic rings. The van der Waals surface area contributed by atoms with Crippen molar-refractivity contribution >= 4 is 5.82 Å². The predicted molar refractivity (Wildman–Crippen MR) is 63.1 cm³/mol. The summed E-state index contributed by atoms with van der Waals surface area (Å²) in [6, 6.07) is 4.60. The Hall–Kier alpha value is -1.09. The highest BCUT2D eigenvalue weighted by atomic mass is 15.0. The number of nitrogens with zero attached hydrogens (tertiary/aromatic N) is 1. The number of hydrogen-bond acceptors (Lipinski definition) is 3. The number of rotatable bonds is 2. The molecule has 0 bridgehead atoms. The number of hydrogen-bond donors (Lipinski definition) is 2. The second kappa shape index (κ2) is 5.12. The largest absolute Gasteiger partial charge is 0.366 e. The van der Waals surface area contributed by atoms with E-state index in [4.69, 9.17) is 0 Å². The van der Waals surface area contributed by atoms with Gasteiger partial charge < -0.3 is 10.6 Å². The molecule has 1 saturated heterocycles. The van der Waals surface area contributed by atoms with Crippen molar-refractivity contribution < 1.29 is 0 Å². The van der Waals surface area contributed by atoms with Gasteiger partial charge in [0.2, 0.25) is 0 Å². The van der Waals surface area contributed by atoms with Crippen LogP contribution in [-0.2, 0) is 0 Å². The van der Waals surface area contributed by atoms with E-state index in [0.717, 1.165) is 18.9 Å². The fourth-order valence-corrected chi connectivity index (χ4v) is 1.97. The Labute approximate surface area is 91.3 Å². The first-order valence-electron chi connectivity index (χ1n) is 5.75. The molecule has 0 aromatic carbocycles. The Balaban J connectivity index is 1.98. The van der Waals surface area contributed by atoms with E-state index >= 15 is 0 Å². The van der Waals surface area contributed by atoms with Gasteiger partial charge in [0.1, 0.15) is 5.82 Å². The third-order valence-corrected chi connectivity index (χ3v) is 2.90. The highest BCUT2D eigenvalue weighted by molar-refractivity contribution is 5.43. The summed E-state index contributed by atoms with van der Waals surface area (Å²) >= 11 is 0. The molecule has 0 radical (unpaired) electrons. The zero-order valence-corrected chi connectivity index (χ0v) is 9.29. The zero-order chi connectivity index (χ0) is 10.5. The SMILES string of the molecule is Cc1cccnc1NC1CCCCNC1. The summed E-state index contributed by atoms with van der Waals surface area (Å²) < 4.78 is 0. The van der Waals surface area contributed by atoms with Crippen LogP contribution in [-0.4, -0.2) is 24.1 Å². The second-order valence-corrected chi connectivity index (χ2v) is 4.21. The summed E-state index contributed by atoms with van der Waals surface area (Å²) in [5.41, 5.74) is 1.22. The minimum atomic E-state index is 0.529. The van der Waals surface area contributed by atoms with Gasteiger partial charge in [-0.25, -0.2) is 4.98 Å². The molecule has 3 nitrogen and oxygen atoms in total. The summed E-state index contributed by atoms with van der Waals surface area (Å²) in [6.07, 6.45) is 5.68. The number of anilines is 1. The van der Waals surface area contributed by atoms with Gasteiger partial charge in [-0.2, -0.15) is 0 Å². The van der Waals surface area contributed by atoms with E-state index in [1.165, 1.54) is 24.8 Å². The molecule has 2 heterocycles. The van der Waals surface area contributed by atoms with Gasteiger partial charge in [-0.15, -0.1) is 0 Å². The first-order chi connectivity index (χ1) is 7.36. The predicted octanol–water partition coefficient (Wildman–Crippen LogP) is 1.94. The van der Waals surface area contributed by atoms with Gasteiger partial charge in [-0.1, -0.05) is 12.5 Å². The van der Waals surface area contributed by atoms with Crippen molar-refractivity contribution in [2.24, 2.45) is 0 Å². The van der Waals surface area contributed by atoms with Gasteiger partial charge in [-0.3, -0.25) is 0 Å². The molecular formula is C12H19N3. The summed E-state index contributed by atoms with van der Waals surface area (Å²) in [7, 11) is 0. The maximum atomic E-state index is 4.36. The van der Waals surface area contributed by atoms with E-state index in [2.05, 4.69) is 28.6 Å². The minimum absolute atomic E-state index is 0.529. The zero-order valence-electron chi connectivity index (χ0n) is 9.29. The number of pyridine rings is 1. The highest BCUT2D eigenvalue weighted by Gasteiger charge is 2.12. The molecule has 0 saturated carbocycles. The Kier molecular flexibility index (Phi) is 3.56. The molecule has 0 amide bonds. The van der Waals surface area contributed by atoms with Crippen molar-refractivity contribution in [2.45, 2.75) is 32.2 Å². The van der Waals surface area contributed by atoms with E-state index in [0.29, 0.717) is 6.04 Å². The molecule has 0 spiro atoms. The normalized spacial score (nSPS) is 22.1.